The summed E-state index contributed by atoms with van der Waals surface area (Å²) in [6.07, 6.45) is 0. The lowest BCUT2D eigenvalue weighted by molar-refractivity contribution is 0.620. The number of hydrogen-bond donors (Lipinski definition) is 0. The van der Waals surface area contributed by atoms with Crippen molar-refractivity contribution in [1.82, 2.24) is 4.98 Å². The number of benzene rings is 9. The molecule has 0 aliphatic carbocycles. The van der Waals surface area contributed by atoms with E-state index >= 15 is 0 Å². The molecule has 0 fully saturated rings. The SMILES string of the molecule is c1ccc(-c2ccc(N(c3ccccc3)c3ccc(-c4ccc5ccc6c(ccc7oc(-c8ccc9ccccc9c8)nc76)c5c4)cc3)cc2)cc1. The minimum atomic E-state index is 0.638. The largest absolute Gasteiger partial charge is 0.436 e. The summed E-state index contributed by atoms with van der Waals surface area (Å²) in [5, 5.41) is 7.01. The first-order valence-corrected chi connectivity index (χ1v) is 17.6. The van der Waals surface area contributed by atoms with Crippen molar-refractivity contribution >= 4 is 60.5 Å². The Morgan fingerprint density at radius 2 is 0.885 bits per heavy atom. The van der Waals surface area contributed by atoms with Gasteiger partial charge in [0.25, 0.3) is 0 Å². The summed E-state index contributed by atoms with van der Waals surface area (Å²) in [4.78, 5) is 7.34. The van der Waals surface area contributed by atoms with Gasteiger partial charge in [-0.15, -0.1) is 0 Å². The lowest BCUT2D eigenvalue weighted by Crippen LogP contribution is -2.09. The smallest absolute Gasteiger partial charge is 0.227 e. The molecule has 52 heavy (non-hydrogen) atoms. The van der Waals surface area contributed by atoms with Crippen LogP contribution in [-0.4, -0.2) is 4.98 Å². The molecule has 244 valence electrons. The highest BCUT2D eigenvalue weighted by Gasteiger charge is 2.15. The van der Waals surface area contributed by atoms with Crippen LogP contribution in [0.4, 0.5) is 17.1 Å². The van der Waals surface area contributed by atoms with E-state index in [0.29, 0.717) is 5.89 Å². The number of aromatic nitrogens is 1. The summed E-state index contributed by atoms with van der Waals surface area (Å²) < 4.78 is 6.32. The molecule has 0 atom stereocenters. The van der Waals surface area contributed by atoms with Crippen molar-refractivity contribution in [3.05, 3.63) is 194 Å². The van der Waals surface area contributed by atoms with Crippen molar-refractivity contribution in [2.45, 2.75) is 0 Å². The average Bonchev–Trinajstić information content (AvgIpc) is 3.67. The van der Waals surface area contributed by atoms with Gasteiger partial charge in [-0.3, -0.25) is 0 Å². The van der Waals surface area contributed by atoms with Crippen molar-refractivity contribution < 1.29 is 4.42 Å². The third kappa shape index (κ3) is 5.28. The maximum absolute atomic E-state index is 6.32. The number of nitrogens with zero attached hydrogens (tertiary/aromatic N) is 2. The Morgan fingerprint density at radius 3 is 1.63 bits per heavy atom. The van der Waals surface area contributed by atoms with Gasteiger partial charge in [0, 0.05) is 28.0 Å². The van der Waals surface area contributed by atoms with Gasteiger partial charge in [0.15, 0.2) is 5.58 Å². The van der Waals surface area contributed by atoms with Gasteiger partial charge in [-0.05, 0) is 116 Å². The summed E-state index contributed by atoms with van der Waals surface area (Å²) in [5.41, 5.74) is 10.7. The van der Waals surface area contributed by atoms with Crippen LogP contribution >= 0.6 is 0 Å². The fraction of sp³-hybridized carbons (Fsp3) is 0. The second-order valence-electron chi connectivity index (χ2n) is 13.2. The van der Waals surface area contributed by atoms with Crippen LogP contribution in [0.3, 0.4) is 0 Å². The molecule has 3 nitrogen and oxygen atoms in total. The highest BCUT2D eigenvalue weighted by atomic mass is 16.3. The minimum absolute atomic E-state index is 0.638. The highest BCUT2D eigenvalue weighted by molar-refractivity contribution is 6.16. The Hall–Kier alpha value is -6.97. The standard InChI is InChI=1S/C49H32N2O/c1-3-9-33(10-4-1)35-19-24-42(25-20-35)51(41-13-5-2-6-14-41)43-26-21-36(22-27-43)39-17-16-37-23-28-45-44(46(37)32-39)29-30-47-48(45)50-49(52-47)40-18-15-34-11-7-8-12-38(34)31-40/h1-32H. The predicted molar refractivity (Wildman–Crippen MR) is 218 cm³/mol. The van der Waals surface area contributed by atoms with Gasteiger partial charge < -0.3 is 9.32 Å². The molecule has 0 spiro atoms. The summed E-state index contributed by atoms with van der Waals surface area (Å²) in [6, 6.07) is 68.8. The fourth-order valence-corrected chi connectivity index (χ4v) is 7.41. The van der Waals surface area contributed by atoms with Gasteiger partial charge in [-0.1, -0.05) is 127 Å². The molecule has 10 rings (SSSR count). The van der Waals surface area contributed by atoms with E-state index in [-0.39, 0.29) is 0 Å². The highest BCUT2D eigenvalue weighted by Crippen LogP contribution is 2.39. The summed E-state index contributed by atoms with van der Waals surface area (Å²) in [6.45, 7) is 0. The molecule has 0 radical (unpaired) electrons. The molecular weight excluding hydrogens is 633 g/mol. The van der Waals surface area contributed by atoms with Gasteiger partial charge in [-0.25, -0.2) is 4.98 Å². The molecule has 0 aliphatic heterocycles. The summed E-state index contributed by atoms with van der Waals surface area (Å²) >= 11 is 0. The molecule has 1 aromatic heterocycles. The quantitative estimate of drug-likeness (QED) is 0.166. The number of para-hydroxylation sites is 1. The lowest BCUT2D eigenvalue weighted by Gasteiger charge is -2.26. The maximum atomic E-state index is 6.32. The van der Waals surface area contributed by atoms with E-state index in [1.807, 2.05) is 0 Å². The number of hydrogen-bond acceptors (Lipinski definition) is 3. The maximum Gasteiger partial charge on any atom is 0.227 e. The van der Waals surface area contributed by atoms with Gasteiger partial charge in [0.05, 0.1) is 0 Å². The molecular formula is C49H32N2O. The molecule has 0 bridgehead atoms. The van der Waals surface area contributed by atoms with E-state index in [2.05, 4.69) is 199 Å². The van der Waals surface area contributed by atoms with Crippen LogP contribution in [0.25, 0.3) is 77.1 Å². The van der Waals surface area contributed by atoms with E-state index in [1.165, 1.54) is 38.2 Å². The summed E-state index contributed by atoms with van der Waals surface area (Å²) in [5.74, 6) is 0.638. The molecule has 3 heteroatoms. The van der Waals surface area contributed by atoms with Crippen molar-refractivity contribution in [2.75, 3.05) is 4.90 Å². The molecule has 0 saturated heterocycles. The normalized spacial score (nSPS) is 11.5. The van der Waals surface area contributed by atoms with Gasteiger partial charge >= 0.3 is 0 Å². The van der Waals surface area contributed by atoms with Crippen LogP contribution in [0.5, 0.6) is 0 Å². The molecule has 9 aromatic carbocycles. The number of anilines is 3. The van der Waals surface area contributed by atoms with Crippen LogP contribution in [-0.2, 0) is 0 Å². The first kappa shape index (κ1) is 29.9. The van der Waals surface area contributed by atoms with Gasteiger partial charge in [0.1, 0.15) is 5.52 Å². The van der Waals surface area contributed by atoms with Gasteiger partial charge in [0.2, 0.25) is 5.89 Å². The zero-order valence-electron chi connectivity index (χ0n) is 28.3. The average molecular weight is 665 g/mol. The second-order valence-corrected chi connectivity index (χ2v) is 13.2. The Balaban J connectivity index is 1.01. The van der Waals surface area contributed by atoms with Gasteiger partial charge in [-0.2, -0.15) is 0 Å². The molecule has 0 aliphatic rings. The van der Waals surface area contributed by atoms with Crippen LogP contribution < -0.4 is 4.90 Å². The Labute approximate surface area is 301 Å². The molecule has 0 saturated carbocycles. The fourth-order valence-electron chi connectivity index (χ4n) is 7.41. The molecule has 10 aromatic rings. The molecule has 0 N–H and O–H groups in total. The Kier molecular flexibility index (Phi) is 7.14. The Morgan fingerprint density at radius 1 is 0.346 bits per heavy atom. The van der Waals surface area contributed by atoms with E-state index in [1.54, 1.807) is 0 Å². The minimum Gasteiger partial charge on any atom is -0.436 e. The second kappa shape index (κ2) is 12.4. The first-order chi connectivity index (χ1) is 25.7. The zero-order chi connectivity index (χ0) is 34.4. The third-order valence-electron chi connectivity index (χ3n) is 10.1. The van der Waals surface area contributed by atoms with Crippen LogP contribution in [0, 0.1) is 0 Å². The third-order valence-corrected chi connectivity index (χ3v) is 10.1. The van der Waals surface area contributed by atoms with Crippen molar-refractivity contribution in [3.8, 4) is 33.7 Å². The van der Waals surface area contributed by atoms with E-state index in [4.69, 9.17) is 9.40 Å². The van der Waals surface area contributed by atoms with Crippen LogP contribution in [0.15, 0.2) is 199 Å². The van der Waals surface area contributed by atoms with E-state index in [0.717, 1.165) is 50.1 Å². The molecule has 0 amide bonds. The van der Waals surface area contributed by atoms with Crippen molar-refractivity contribution in [3.63, 3.8) is 0 Å². The molecule has 1 heterocycles. The molecule has 0 unspecified atom stereocenters. The lowest BCUT2D eigenvalue weighted by atomic mass is 9.96. The van der Waals surface area contributed by atoms with E-state index in [9.17, 15) is 0 Å². The van der Waals surface area contributed by atoms with Crippen LogP contribution in [0.1, 0.15) is 0 Å². The first-order valence-electron chi connectivity index (χ1n) is 17.6. The topological polar surface area (TPSA) is 29.3 Å². The van der Waals surface area contributed by atoms with Crippen molar-refractivity contribution in [1.29, 1.82) is 0 Å². The summed E-state index contributed by atoms with van der Waals surface area (Å²) in [7, 11) is 0. The number of oxazole rings is 1. The van der Waals surface area contributed by atoms with Crippen molar-refractivity contribution in [2.24, 2.45) is 0 Å². The zero-order valence-corrected chi connectivity index (χ0v) is 28.3. The Bertz CT molecular complexity index is 2880. The van der Waals surface area contributed by atoms with E-state index < -0.39 is 0 Å². The number of fused-ring (bicyclic) bond motifs is 6. The van der Waals surface area contributed by atoms with Crippen LogP contribution in [0.2, 0.25) is 0 Å². The predicted octanol–water partition coefficient (Wildman–Crippen LogP) is 13.8. The monoisotopic (exact) mass is 664 g/mol. The number of rotatable bonds is 6.